The summed E-state index contributed by atoms with van der Waals surface area (Å²) in [6, 6.07) is 0.646. The zero-order valence-corrected chi connectivity index (χ0v) is 13.6. The molecular formula is C14H21ClN4S. The Hall–Kier alpha value is -0.780. The summed E-state index contributed by atoms with van der Waals surface area (Å²) in [7, 11) is 2.13. The predicted molar refractivity (Wildman–Crippen MR) is 86.2 cm³/mol. The highest BCUT2D eigenvalue weighted by Gasteiger charge is 2.26. The molecule has 2 aromatic rings. The summed E-state index contributed by atoms with van der Waals surface area (Å²) in [5.41, 5.74) is 1.10. The van der Waals surface area contributed by atoms with Crippen LogP contribution in [0, 0.1) is 0 Å². The summed E-state index contributed by atoms with van der Waals surface area (Å²) in [5, 5.41) is 2.05. The molecular weight excluding hydrogens is 292 g/mol. The zero-order chi connectivity index (χ0) is 14.1. The minimum atomic E-state index is 0.500. The van der Waals surface area contributed by atoms with Crippen molar-refractivity contribution in [1.82, 2.24) is 14.3 Å². The van der Waals surface area contributed by atoms with E-state index in [1.165, 1.54) is 19.4 Å². The van der Waals surface area contributed by atoms with Crippen LogP contribution >= 0.6 is 22.9 Å². The molecule has 1 aliphatic heterocycles. The number of likely N-dealkylation sites (tertiary alicyclic amines) is 1. The van der Waals surface area contributed by atoms with Gasteiger partial charge in [0.15, 0.2) is 10.8 Å². The van der Waals surface area contributed by atoms with E-state index in [4.69, 9.17) is 16.6 Å². The van der Waals surface area contributed by atoms with Gasteiger partial charge in [0.1, 0.15) is 0 Å². The first kappa shape index (κ1) is 14.2. The van der Waals surface area contributed by atoms with Crippen LogP contribution in [0.4, 0.5) is 5.82 Å². The number of alkyl halides is 1. The van der Waals surface area contributed by atoms with Crippen LogP contribution in [0.25, 0.3) is 4.96 Å². The maximum Gasteiger partial charge on any atom is 0.195 e. The summed E-state index contributed by atoms with van der Waals surface area (Å²) in [4.78, 5) is 10.6. The lowest BCUT2D eigenvalue weighted by atomic mass is 10.2. The van der Waals surface area contributed by atoms with E-state index >= 15 is 0 Å². The molecule has 0 N–H and O–H groups in total. The molecule has 0 saturated carbocycles. The number of rotatable bonds is 5. The molecule has 1 fully saturated rings. The van der Waals surface area contributed by atoms with E-state index in [0.29, 0.717) is 11.9 Å². The van der Waals surface area contributed by atoms with Gasteiger partial charge in [0, 0.05) is 31.2 Å². The largest absolute Gasteiger partial charge is 0.357 e. The SMILES string of the molecule is CCN1CCCC1CN(C)c1nc2sccn2c1CCl. The molecule has 110 valence electrons. The Morgan fingerprint density at radius 1 is 1.55 bits per heavy atom. The van der Waals surface area contributed by atoms with Gasteiger partial charge in [-0.1, -0.05) is 6.92 Å². The number of imidazole rings is 1. The smallest absolute Gasteiger partial charge is 0.195 e. The van der Waals surface area contributed by atoms with E-state index < -0.39 is 0 Å². The molecule has 3 heterocycles. The number of halogens is 1. The van der Waals surface area contributed by atoms with Crippen molar-refractivity contribution in [1.29, 1.82) is 0 Å². The molecule has 0 radical (unpaired) electrons. The number of aromatic nitrogens is 2. The average molecular weight is 313 g/mol. The molecule has 0 aromatic carbocycles. The van der Waals surface area contributed by atoms with Crippen LogP contribution in [0.5, 0.6) is 0 Å². The predicted octanol–water partition coefficient (Wildman–Crippen LogP) is 3.06. The Morgan fingerprint density at radius 2 is 2.40 bits per heavy atom. The number of nitrogens with zero attached hydrogens (tertiary/aromatic N) is 4. The van der Waals surface area contributed by atoms with Gasteiger partial charge in [-0.2, -0.15) is 0 Å². The molecule has 1 atom stereocenters. The summed E-state index contributed by atoms with van der Waals surface area (Å²) >= 11 is 7.79. The number of likely N-dealkylation sites (N-methyl/N-ethyl adjacent to an activating group) is 2. The van der Waals surface area contributed by atoms with Crippen LogP contribution in [-0.2, 0) is 5.88 Å². The van der Waals surface area contributed by atoms with Crippen molar-refractivity contribution in [2.45, 2.75) is 31.7 Å². The van der Waals surface area contributed by atoms with Crippen LogP contribution < -0.4 is 4.90 Å². The van der Waals surface area contributed by atoms with Crippen LogP contribution in [0.2, 0.25) is 0 Å². The van der Waals surface area contributed by atoms with Gasteiger partial charge in [0.05, 0.1) is 11.6 Å². The van der Waals surface area contributed by atoms with Gasteiger partial charge in [-0.15, -0.1) is 22.9 Å². The summed E-state index contributed by atoms with van der Waals surface area (Å²) in [6.07, 6.45) is 4.65. The number of hydrogen-bond acceptors (Lipinski definition) is 4. The number of fused-ring (bicyclic) bond motifs is 1. The monoisotopic (exact) mass is 312 g/mol. The second-order valence-corrected chi connectivity index (χ2v) is 6.52. The molecule has 0 amide bonds. The lowest BCUT2D eigenvalue weighted by Crippen LogP contribution is -2.39. The van der Waals surface area contributed by atoms with Crippen molar-refractivity contribution >= 4 is 33.7 Å². The van der Waals surface area contributed by atoms with Gasteiger partial charge in [0.25, 0.3) is 0 Å². The molecule has 2 aromatic heterocycles. The van der Waals surface area contributed by atoms with E-state index in [-0.39, 0.29) is 0 Å². The highest BCUT2D eigenvalue weighted by atomic mass is 35.5. The standard InChI is InChI=1S/C14H21ClN4S/c1-3-18-6-4-5-11(18)10-17(2)13-12(9-15)19-7-8-20-14(19)16-13/h7-8,11H,3-6,9-10H2,1-2H3. The molecule has 6 heteroatoms. The van der Waals surface area contributed by atoms with Crippen molar-refractivity contribution in [3.63, 3.8) is 0 Å². The van der Waals surface area contributed by atoms with Crippen LogP contribution in [-0.4, -0.2) is 47.0 Å². The second kappa shape index (κ2) is 5.92. The third kappa shape index (κ3) is 2.43. The molecule has 1 saturated heterocycles. The quantitative estimate of drug-likeness (QED) is 0.793. The van der Waals surface area contributed by atoms with Crippen molar-refractivity contribution < 1.29 is 0 Å². The normalized spacial score (nSPS) is 20.1. The van der Waals surface area contributed by atoms with Crippen LogP contribution in [0.1, 0.15) is 25.5 Å². The Bertz CT molecular complexity index is 579. The average Bonchev–Trinajstić information content (AvgIpc) is 3.12. The molecule has 20 heavy (non-hydrogen) atoms. The highest BCUT2D eigenvalue weighted by Crippen LogP contribution is 2.27. The lowest BCUT2D eigenvalue weighted by Gasteiger charge is -2.28. The number of hydrogen-bond donors (Lipinski definition) is 0. The molecule has 1 aliphatic rings. The third-order valence-electron chi connectivity index (χ3n) is 4.22. The van der Waals surface area contributed by atoms with Crippen molar-refractivity contribution in [3.05, 3.63) is 17.3 Å². The first-order valence-electron chi connectivity index (χ1n) is 7.20. The minimum Gasteiger partial charge on any atom is -0.357 e. The third-order valence-corrected chi connectivity index (χ3v) is 5.23. The Labute approximate surface area is 129 Å². The molecule has 3 rings (SSSR count). The molecule has 1 unspecified atom stereocenters. The van der Waals surface area contributed by atoms with Gasteiger partial charge < -0.3 is 4.90 Å². The fourth-order valence-corrected chi connectivity index (χ4v) is 4.15. The maximum absolute atomic E-state index is 6.13. The maximum atomic E-state index is 6.13. The lowest BCUT2D eigenvalue weighted by molar-refractivity contribution is 0.270. The molecule has 4 nitrogen and oxygen atoms in total. The van der Waals surface area contributed by atoms with E-state index in [1.807, 2.05) is 0 Å². The molecule has 0 bridgehead atoms. The van der Waals surface area contributed by atoms with Gasteiger partial charge in [0.2, 0.25) is 0 Å². The Balaban J connectivity index is 1.81. The van der Waals surface area contributed by atoms with Crippen molar-refractivity contribution in [2.24, 2.45) is 0 Å². The number of anilines is 1. The van der Waals surface area contributed by atoms with E-state index in [1.54, 1.807) is 11.3 Å². The van der Waals surface area contributed by atoms with Gasteiger partial charge in [-0.3, -0.25) is 9.30 Å². The van der Waals surface area contributed by atoms with Crippen LogP contribution in [0.15, 0.2) is 11.6 Å². The van der Waals surface area contributed by atoms with Crippen molar-refractivity contribution in [2.75, 3.05) is 31.6 Å². The first-order valence-corrected chi connectivity index (χ1v) is 8.61. The molecule has 0 aliphatic carbocycles. The summed E-state index contributed by atoms with van der Waals surface area (Å²) in [5.74, 6) is 1.54. The second-order valence-electron chi connectivity index (χ2n) is 5.38. The van der Waals surface area contributed by atoms with Crippen LogP contribution in [0.3, 0.4) is 0 Å². The number of thiazole rings is 1. The summed E-state index contributed by atoms with van der Waals surface area (Å²) < 4.78 is 2.11. The Kier molecular flexibility index (Phi) is 4.19. The van der Waals surface area contributed by atoms with E-state index in [2.05, 4.69) is 39.7 Å². The fourth-order valence-electron chi connectivity index (χ4n) is 3.17. The highest BCUT2D eigenvalue weighted by molar-refractivity contribution is 7.15. The fraction of sp³-hybridized carbons (Fsp3) is 0.643. The minimum absolute atomic E-state index is 0.500. The zero-order valence-electron chi connectivity index (χ0n) is 12.0. The molecule has 0 spiro atoms. The Morgan fingerprint density at radius 3 is 3.15 bits per heavy atom. The van der Waals surface area contributed by atoms with E-state index in [0.717, 1.165) is 29.6 Å². The topological polar surface area (TPSA) is 23.8 Å². The van der Waals surface area contributed by atoms with Crippen molar-refractivity contribution in [3.8, 4) is 0 Å². The summed E-state index contributed by atoms with van der Waals surface area (Å²) in [6.45, 7) is 5.65. The first-order chi connectivity index (χ1) is 9.74. The van der Waals surface area contributed by atoms with E-state index in [9.17, 15) is 0 Å². The van der Waals surface area contributed by atoms with Gasteiger partial charge >= 0.3 is 0 Å². The van der Waals surface area contributed by atoms with Gasteiger partial charge in [-0.05, 0) is 25.9 Å². The van der Waals surface area contributed by atoms with Gasteiger partial charge in [-0.25, -0.2) is 4.98 Å².